The minimum atomic E-state index is -1.04. The number of carboxylic acid groups (broad SMARTS) is 1. The first-order valence-corrected chi connectivity index (χ1v) is 6.88. The van der Waals surface area contributed by atoms with Crippen LogP contribution in [0.15, 0.2) is 22.7 Å². The monoisotopic (exact) mass is 344 g/mol. The topological polar surface area (TPSA) is 78.9 Å². The maximum absolute atomic E-state index is 12.0. The number of hydrogen-bond acceptors (Lipinski definition) is 3. The van der Waals surface area contributed by atoms with E-state index in [2.05, 4.69) is 21.2 Å². The number of carbonyl (C=O) groups excluding carboxylic acids is 1. The molecule has 2 N–H and O–H groups in total. The fraction of sp³-hybridized carbons (Fsp3) is 0.385. The van der Waals surface area contributed by atoms with Crippen molar-refractivity contribution in [1.82, 2.24) is 4.90 Å². The summed E-state index contributed by atoms with van der Waals surface area (Å²) in [5.74, 6) is -0.454. The van der Waals surface area contributed by atoms with Gasteiger partial charge in [0, 0.05) is 18.3 Å². The van der Waals surface area contributed by atoms with Crippen LogP contribution >= 0.6 is 15.9 Å². The number of halogens is 1. The maximum Gasteiger partial charge on any atom is 0.323 e. The van der Waals surface area contributed by atoms with Crippen LogP contribution in [0.3, 0.4) is 0 Å². The quantitative estimate of drug-likeness (QED) is 0.831. The van der Waals surface area contributed by atoms with Gasteiger partial charge in [0.2, 0.25) is 0 Å². The molecular formula is C13H17BrN2O4. The fourth-order valence-electron chi connectivity index (χ4n) is 1.63. The molecule has 0 aromatic heterocycles. The van der Waals surface area contributed by atoms with Crippen LogP contribution in [0.1, 0.15) is 13.3 Å². The van der Waals surface area contributed by atoms with Crippen LogP contribution in [-0.2, 0) is 4.79 Å². The molecule has 110 valence electrons. The van der Waals surface area contributed by atoms with Crippen molar-refractivity contribution in [3.05, 3.63) is 22.7 Å². The van der Waals surface area contributed by atoms with Gasteiger partial charge in [-0.15, -0.1) is 0 Å². The van der Waals surface area contributed by atoms with Crippen molar-refractivity contribution in [2.75, 3.05) is 25.5 Å². The lowest BCUT2D eigenvalue weighted by atomic mass is 10.3. The zero-order valence-corrected chi connectivity index (χ0v) is 12.9. The number of nitrogens with zero attached hydrogens (tertiary/aromatic N) is 1. The molecule has 0 fully saturated rings. The summed E-state index contributed by atoms with van der Waals surface area (Å²) in [5.41, 5.74) is 0.543. The second-order valence-electron chi connectivity index (χ2n) is 4.09. The molecule has 1 rings (SSSR count). The van der Waals surface area contributed by atoms with Gasteiger partial charge in [-0.2, -0.15) is 0 Å². The number of ether oxygens (including phenoxy) is 1. The first-order valence-electron chi connectivity index (χ1n) is 6.09. The van der Waals surface area contributed by atoms with E-state index in [1.54, 1.807) is 18.2 Å². The fourth-order valence-corrected chi connectivity index (χ4v) is 2.03. The molecule has 1 aromatic carbocycles. The third-order valence-electron chi connectivity index (χ3n) is 2.51. The normalized spacial score (nSPS) is 9.95. The molecule has 0 aliphatic rings. The molecule has 0 heterocycles. The van der Waals surface area contributed by atoms with E-state index in [0.717, 1.165) is 4.47 Å². The van der Waals surface area contributed by atoms with E-state index >= 15 is 0 Å². The van der Waals surface area contributed by atoms with Crippen molar-refractivity contribution >= 4 is 33.6 Å². The molecule has 0 bridgehead atoms. The first kappa shape index (κ1) is 16.3. The van der Waals surface area contributed by atoms with E-state index in [0.29, 0.717) is 24.4 Å². The molecule has 0 saturated carbocycles. The summed E-state index contributed by atoms with van der Waals surface area (Å²) in [6.45, 7) is 1.93. The summed E-state index contributed by atoms with van der Waals surface area (Å²) in [4.78, 5) is 24.0. The van der Waals surface area contributed by atoms with Gasteiger partial charge < -0.3 is 20.1 Å². The lowest BCUT2D eigenvalue weighted by Gasteiger charge is -2.20. The highest BCUT2D eigenvalue weighted by Crippen LogP contribution is 2.27. The molecule has 0 spiro atoms. The molecule has 0 aliphatic heterocycles. The highest BCUT2D eigenvalue weighted by atomic mass is 79.9. The number of methoxy groups -OCH3 is 1. The Morgan fingerprint density at radius 1 is 1.45 bits per heavy atom. The Morgan fingerprint density at radius 2 is 2.15 bits per heavy atom. The molecule has 7 heteroatoms. The van der Waals surface area contributed by atoms with Crippen LogP contribution in [0.4, 0.5) is 10.5 Å². The largest absolute Gasteiger partial charge is 0.495 e. The van der Waals surface area contributed by atoms with Crippen LogP contribution in [-0.4, -0.2) is 42.2 Å². The standard InChI is InChI=1S/C13H17BrN2O4/c1-3-6-16(8-12(17)18)13(19)15-9-4-5-10(14)11(7-9)20-2/h4-5,7H,3,6,8H2,1-2H3,(H,15,19)(H,17,18). The third-order valence-corrected chi connectivity index (χ3v) is 3.16. The molecule has 0 radical (unpaired) electrons. The Balaban J connectivity index is 2.79. The van der Waals surface area contributed by atoms with Crippen molar-refractivity contribution < 1.29 is 19.4 Å². The van der Waals surface area contributed by atoms with Crippen LogP contribution < -0.4 is 10.1 Å². The second-order valence-corrected chi connectivity index (χ2v) is 4.95. The SMILES string of the molecule is CCCN(CC(=O)O)C(=O)Nc1ccc(Br)c(OC)c1. The number of anilines is 1. The summed E-state index contributed by atoms with van der Waals surface area (Å²) in [6.07, 6.45) is 0.685. The Kier molecular flexibility index (Phi) is 6.30. The molecule has 6 nitrogen and oxygen atoms in total. The van der Waals surface area contributed by atoms with Gasteiger partial charge in [0.15, 0.2) is 0 Å². The number of urea groups is 1. The molecule has 2 amide bonds. The molecule has 0 saturated heterocycles. The van der Waals surface area contributed by atoms with Crippen molar-refractivity contribution in [2.24, 2.45) is 0 Å². The molecule has 0 atom stereocenters. The lowest BCUT2D eigenvalue weighted by molar-refractivity contribution is -0.137. The summed E-state index contributed by atoms with van der Waals surface area (Å²) in [5, 5.41) is 11.5. The summed E-state index contributed by atoms with van der Waals surface area (Å²) >= 11 is 3.32. The van der Waals surface area contributed by atoms with Gasteiger partial charge in [-0.1, -0.05) is 6.92 Å². The second kappa shape index (κ2) is 7.74. The number of carboxylic acids is 1. The summed E-state index contributed by atoms with van der Waals surface area (Å²) in [6, 6.07) is 4.66. The van der Waals surface area contributed by atoms with Crippen molar-refractivity contribution in [2.45, 2.75) is 13.3 Å². The number of aliphatic carboxylic acids is 1. The van der Waals surface area contributed by atoms with E-state index in [1.807, 2.05) is 6.92 Å². The average Bonchev–Trinajstić information content (AvgIpc) is 2.40. The summed E-state index contributed by atoms with van der Waals surface area (Å²) < 4.78 is 5.91. The Morgan fingerprint density at radius 3 is 2.70 bits per heavy atom. The van der Waals surface area contributed by atoms with E-state index in [-0.39, 0.29) is 6.54 Å². The van der Waals surface area contributed by atoms with Gasteiger partial charge in [0.05, 0.1) is 11.6 Å². The van der Waals surface area contributed by atoms with Crippen molar-refractivity contribution in [1.29, 1.82) is 0 Å². The minimum absolute atomic E-state index is 0.326. The third kappa shape index (κ3) is 4.73. The first-order chi connectivity index (χ1) is 9.47. The highest BCUT2D eigenvalue weighted by Gasteiger charge is 2.16. The smallest absolute Gasteiger partial charge is 0.323 e. The lowest BCUT2D eigenvalue weighted by Crippen LogP contribution is -2.39. The van der Waals surface area contributed by atoms with Crippen LogP contribution in [0.2, 0.25) is 0 Å². The Hall–Kier alpha value is -1.76. The molecule has 0 unspecified atom stereocenters. The van der Waals surface area contributed by atoms with Crippen LogP contribution in [0, 0.1) is 0 Å². The number of rotatable bonds is 6. The number of amides is 2. The number of nitrogens with one attached hydrogen (secondary N) is 1. The van der Waals surface area contributed by atoms with E-state index < -0.39 is 12.0 Å². The Labute approximate surface area is 125 Å². The van der Waals surface area contributed by atoms with E-state index in [1.165, 1.54) is 12.0 Å². The van der Waals surface area contributed by atoms with Gasteiger partial charge in [-0.3, -0.25) is 4.79 Å². The molecule has 1 aromatic rings. The number of carbonyl (C=O) groups is 2. The van der Waals surface area contributed by atoms with Crippen molar-refractivity contribution in [3.8, 4) is 5.75 Å². The average molecular weight is 345 g/mol. The van der Waals surface area contributed by atoms with Gasteiger partial charge >= 0.3 is 12.0 Å². The number of hydrogen-bond donors (Lipinski definition) is 2. The van der Waals surface area contributed by atoms with Crippen LogP contribution in [0.5, 0.6) is 5.75 Å². The van der Waals surface area contributed by atoms with E-state index in [9.17, 15) is 9.59 Å². The van der Waals surface area contributed by atoms with E-state index in [4.69, 9.17) is 9.84 Å². The predicted octanol–water partition coefficient (Wildman–Crippen LogP) is 2.79. The molecular weight excluding hydrogens is 328 g/mol. The Bertz CT molecular complexity index is 493. The zero-order valence-electron chi connectivity index (χ0n) is 11.4. The van der Waals surface area contributed by atoms with Gasteiger partial charge in [0.1, 0.15) is 12.3 Å². The minimum Gasteiger partial charge on any atom is -0.495 e. The predicted molar refractivity (Wildman–Crippen MR) is 79.2 cm³/mol. The molecule has 20 heavy (non-hydrogen) atoms. The maximum atomic E-state index is 12.0. The zero-order chi connectivity index (χ0) is 15.1. The summed E-state index contributed by atoms with van der Waals surface area (Å²) in [7, 11) is 1.53. The van der Waals surface area contributed by atoms with Gasteiger partial charge in [-0.05, 0) is 34.5 Å². The highest BCUT2D eigenvalue weighted by molar-refractivity contribution is 9.10. The van der Waals surface area contributed by atoms with Gasteiger partial charge in [0.25, 0.3) is 0 Å². The van der Waals surface area contributed by atoms with Gasteiger partial charge in [-0.25, -0.2) is 4.79 Å². The number of benzene rings is 1. The van der Waals surface area contributed by atoms with Crippen LogP contribution in [0.25, 0.3) is 0 Å². The molecule has 0 aliphatic carbocycles. The van der Waals surface area contributed by atoms with Crippen molar-refractivity contribution in [3.63, 3.8) is 0 Å².